The quantitative estimate of drug-likeness (QED) is 0.498. The van der Waals surface area contributed by atoms with Gasteiger partial charge in [-0.2, -0.15) is 0 Å². The van der Waals surface area contributed by atoms with Crippen LogP contribution in [0.3, 0.4) is 0 Å². The first kappa shape index (κ1) is 9.01. The Morgan fingerprint density at radius 3 is 2.36 bits per heavy atom. The van der Waals surface area contributed by atoms with Crippen LogP contribution < -0.4 is 5.84 Å². The minimum atomic E-state index is 0.678. The molecule has 1 aliphatic carbocycles. The number of nitrogens with two attached hydrogens (primary N) is 1. The highest BCUT2D eigenvalue weighted by Crippen LogP contribution is 2.21. The minimum Gasteiger partial charge on any atom is -0.269 e. The smallest absolute Gasteiger partial charge is 0.0241 e. The molecule has 2 N–H and O–H groups in total. The topological polar surface area (TPSA) is 29.3 Å². The van der Waals surface area contributed by atoms with Gasteiger partial charge in [0.2, 0.25) is 0 Å². The van der Waals surface area contributed by atoms with Gasteiger partial charge in [-0.1, -0.05) is 26.7 Å². The van der Waals surface area contributed by atoms with Crippen molar-refractivity contribution in [2.75, 3.05) is 6.54 Å². The highest BCUT2D eigenvalue weighted by molar-refractivity contribution is 4.74. The van der Waals surface area contributed by atoms with Crippen LogP contribution in [0.25, 0.3) is 0 Å². The molecule has 0 radical (unpaired) electrons. The third-order valence-corrected chi connectivity index (χ3v) is 2.37. The van der Waals surface area contributed by atoms with E-state index in [1.807, 2.05) is 5.01 Å². The molecule has 2 nitrogen and oxygen atoms in total. The fourth-order valence-corrected chi connectivity index (χ4v) is 1.81. The number of hydrogen-bond acceptors (Lipinski definition) is 2. The molecule has 0 aliphatic heterocycles. The van der Waals surface area contributed by atoms with Gasteiger partial charge in [0.25, 0.3) is 0 Å². The highest BCUT2D eigenvalue weighted by Gasteiger charge is 2.19. The predicted octanol–water partition coefficient (Wildman–Crippen LogP) is 1.76. The first-order chi connectivity index (χ1) is 5.20. The Labute approximate surface area is 69.7 Å². The summed E-state index contributed by atoms with van der Waals surface area (Å²) in [5, 5.41) is 2.04. The van der Waals surface area contributed by atoms with E-state index in [4.69, 9.17) is 5.84 Å². The van der Waals surface area contributed by atoms with Gasteiger partial charge in [0, 0.05) is 12.6 Å². The predicted molar refractivity (Wildman–Crippen MR) is 48.0 cm³/mol. The lowest BCUT2D eigenvalue weighted by Crippen LogP contribution is -2.41. The van der Waals surface area contributed by atoms with E-state index in [0.29, 0.717) is 12.0 Å². The average Bonchev–Trinajstić information content (AvgIpc) is 2.35. The Bertz CT molecular complexity index is 106. The zero-order valence-corrected chi connectivity index (χ0v) is 7.71. The average molecular weight is 156 g/mol. The molecule has 2 heteroatoms. The Balaban J connectivity index is 2.22. The van der Waals surface area contributed by atoms with Crippen molar-refractivity contribution in [1.82, 2.24) is 5.01 Å². The van der Waals surface area contributed by atoms with Gasteiger partial charge < -0.3 is 0 Å². The number of hydrazine groups is 1. The molecule has 0 saturated heterocycles. The van der Waals surface area contributed by atoms with E-state index in [-0.39, 0.29) is 0 Å². The second kappa shape index (κ2) is 4.07. The second-order valence-electron chi connectivity index (χ2n) is 4.03. The van der Waals surface area contributed by atoms with Crippen molar-refractivity contribution in [1.29, 1.82) is 0 Å². The summed E-state index contributed by atoms with van der Waals surface area (Å²) < 4.78 is 0. The maximum absolute atomic E-state index is 5.91. The van der Waals surface area contributed by atoms with Gasteiger partial charge in [0.1, 0.15) is 0 Å². The van der Waals surface area contributed by atoms with Crippen molar-refractivity contribution in [2.24, 2.45) is 11.8 Å². The summed E-state index contributed by atoms with van der Waals surface area (Å²) in [4.78, 5) is 0. The van der Waals surface area contributed by atoms with E-state index in [2.05, 4.69) is 13.8 Å². The highest BCUT2D eigenvalue weighted by atomic mass is 15.4. The molecular weight excluding hydrogens is 136 g/mol. The van der Waals surface area contributed by atoms with Gasteiger partial charge in [-0.15, -0.1) is 0 Å². The van der Waals surface area contributed by atoms with Crippen LogP contribution in [0, 0.1) is 5.92 Å². The summed E-state index contributed by atoms with van der Waals surface area (Å²) in [6, 6.07) is 0.678. The van der Waals surface area contributed by atoms with E-state index in [0.717, 1.165) is 6.54 Å². The standard InChI is InChI=1S/C9H20N2/c1-8(2)7-11(10)9-5-3-4-6-9/h8-9H,3-7,10H2,1-2H3. The lowest BCUT2D eigenvalue weighted by molar-refractivity contribution is 0.181. The second-order valence-corrected chi connectivity index (χ2v) is 4.03. The van der Waals surface area contributed by atoms with Gasteiger partial charge in [0.05, 0.1) is 0 Å². The van der Waals surface area contributed by atoms with Gasteiger partial charge in [0.15, 0.2) is 0 Å². The third-order valence-electron chi connectivity index (χ3n) is 2.37. The molecule has 0 bridgehead atoms. The Morgan fingerprint density at radius 2 is 1.91 bits per heavy atom. The zero-order valence-electron chi connectivity index (χ0n) is 7.71. The van der Waals surface area contributed by atoms with Gasteiger partial charge in [-0.25, -0.2) is 5.01 Å². The number of nitrogens with zero attached hydrogens (tertiary/aromatic N) is 1. The molecule has 66 valence electrons. The first-order valence-electron chi connectivity index (χ1n) is 4.71. The summed E-state index contributed by atoms with van der Waals surface area (Å²) in [5.74, 6) is 6.61. The van der Waals surface area contributed by atoms with Crippen LogP contribution in [0.1, 0.15) is 39.5 Å². The molecular formula is C9H20N2. The number of rotatable bonds is 3. The van der Waals surface area contributed by atoms with Gasteiger partial charge >= 0.3 is 0 Å². The maximum Gasteiger partial charge on any atom is 0.0241 e. The number of hydrogen-bond donors (Lipinski definition) is 1. The van der Waals surface area contributed by atoms with Crippen molar-refractivity contribution in [3.05, 3.63) is 0 Å². The molecule has 0 aromatic carbocycles. The molecule has 11 heavy (non-hydrogen) atoms. The van der Waals surface area contributed by atoms with Crippen molar-refractivity contribution >= 4 is 0 Å². The molecule has 1 aliphatic rings. The van der Waals surface area contributed by atoms with Crippen LogP contribution >= 0.6 is 0 Å². The van der Waals surface area contributed by atoms with E-state index >= 15 is 0 Å². The molecule has 0 spiro atoms. The van der Waals surface area contributed by atoms with Crippen LogP contribution in [0.5, 0.6) is 0 Å². The molecule has 0 aromatic heterocycles. The maximum atomic E-state index is 5.91. The molecule has 1 rings (SSSR count). The molecule has 0 aromatic rings. The van der Waals surface area contributed by atoms with Crippen molar-refractivity contribution in [3.63, 3.8) is 0 Å². The zero-order chi connectivity index (χ0) is 8.27. The lowest BCUT2D eigenvalue weighted by Gasteiger charge is -2.24. The Morgan fingerprint density at radius 1 is 1.36 bits per heavy atom. The molecule has 0 amide bonds. The third kappa shape index (κ3) is 2.80. The lowest BCUT2D eigenvalue weighted by atomic mass is 10.2. The Kier molecular flexibility index (Phi) is 3.34. The van der Waals surface area contributed by atoms with E-state index in [1.54, 1.807) is 0 Å². The summed E-state index contributed by atoms with van der Waals surface area (Å²) in [6.07, 6.45) is 5.36. The molecule has 1 saturated carbocycles. The van der Waals surface area contributed by atoms with E-state index in [9.17, 15) is 0 Å². The molecule has 0 unspecified atom stereocenters. The fraction of sp³-hybridized carbons (Fsp3) is 1.00. The summed E-state index contributed by atoms with van der Waals surface area (Å²) in [5.41, 5.74) is 0. The van der Waals surface area contributed by atoms with Gasteiger partial charge in [-0.3, -0.25) is 5.84 Å². The van der Waals surface area contributed by atoms with Crippen LogP contribution in [0.4, 0.5) is 0 Å². The van der Waals surface area contributed by atoms with Crippen molar-refractivity contribution < 1.29 is 0 Å². The molecule has 1 fully saturated rings. The fourth-order valence-electron chi connectivity index (χ4n) is 1.81. The van der Waals surface area contributed by atoms with Crippen LogP contribution in [0.15, 0.2) is 0 Å². The van der Waals surface area contributed by atoms with E-state index < -0.39 is 0 Å². The SMILES string of the molecule is CC(C)CN(N)C1CCCC1. The largest absolute Gasteiger partial charge is 0.269 e. The monoisotopic (exact) mass is 156 g/mol. The van der Waals surface area contributed by atoms with Crippen LogP contribution in [0.2, 0.25) is 0 Å². The van der Waals surface area contributed by atoms with Crippen molar-refractivity contribution in [3.8, 4) is 0 Å². The van der Waals surface area contributed by atoms with E-state index in [1.165, 1.54) is 25.7 Å². The normalized spacial score (nSPS) is 20.5. The minimum absolute atomic E-state index is 0.678. The van der Waals surface area contributed by atoms with Crippen molar-refractivity contribution in [2.45, 2.75) is 45.6 Å². The van der Waals surface area contributed by atoms with Crippen LogP contribution in [-0.2, 0) is 0 Å². The molecule has 0 heterocycles. The summed E-state index contributed by atoms with van der Waals surface area (Å²) >= 11 is 0. The summed E-state index contributed by atoms with van der Waals surface area (Å²) in [7, 11) is 0. The summed E-state index contributed by atoms with van der Waals surface area (Å²) in [6.45, 7) is 5.48. The first-order valence-corrected chi connectivity index (χ1v) is 4.71. The Hall–Kier alpha value is -0.0800. The van der Waals surface area contributed by atoms with Crippen LogP contribution in [-0.4, -0.2) is 17.6 Å². The molecule has 0 atom stereocenters. The van der Waals surface area contributed by atoms with Gasteiger partial charge in [-0.05, 0) is 18.8 Å².